The SMILES string of the molecule is Cn1nccc1CN1CCC2(CC(NC(=O)c3ccco3)C2)C1. The third-order valence-corrected chi connectivity index (χ3v) is 5.26. The number of aryl methyl sites for hydroxylation is 1. The van der Waals surface area contributed by atoms with Gasteiger partial charge in [0.1, 0.15) is 0 Å². The first kappa shape index (κ1) is 14.5. The van der Waals surface area contributed by atoms with Gasteiger partial charge < -0.3 is 9.73 Å². The minimum Gasteiger partial charge on any atom is -0.459 e. The molecule has 6 nitrogen and oxygen atoms in total. The van der Waals surface area contributed by atoms with E-state index >= 15 is 0 Å². The van der Waals surface area contributed by atoms with Gasteiger partial charge >= 0.3 is 0 Å². The first-order chi connectivity index (χ1) is 11.1. The zero-order chi connectivity index (χ0) is 15.9. The van der Waals surface area contributed by atoms with E-state index < -0.39 is 0 Å². The van der Waals surface area contributed by atoms with Crippen LogP contribution in [0.5, 0.6) is 0 Å². The lowest BCUT2D eigenvalue weighted by molar-refractivity contribution is 0.0673. The summed E-state index contributed by atoms with van der Waals surface area (Å²) < 4.78 is 7.08. The van der Waals surface area contributed by atoms with E-state index in [0.29, 0.717) is 11.2 Å². The number of nitrogens with one attached hydrogen (secondary N) is 1. The van der Waals surface area contributed by atoms with E-state index in [1.165, 1.54) is 18.4 Å². The molecule has 1 saturated carbocycles. The number of likely N-dealkylation sites (tertiary alicyclic amines) is 1. The predicted octanol–water partition coefficient (Wildman–Crippen LogP) is 1.80. The number of carbonyl (C=O) groups excluding carboxylic acids is 1. The van der Waals surface area contributed by atoms with Gasteiger partial charge in [-0.1, -0.05) is 0 Å². The molecule has 0 unspecified atom stereocenters. The van der Waals surface area contributed by atoms with Gasteiger partial charge in [-0.05, 0) is 49.4 Å². The minimum atomic E-state index is -0.0976. The van der Waals surface area contributed by atoms with Crippen molar-refractivity contribution in [2.24, 2.45) is 12.5 Å². The Labute approximate surface area is 135 Å². The van der Waals surface area contributed by atoms with Crippen molar-refractivity contribution in [1.29, 1.82) is 0 Å². The van der Waals surface area contributed by atoms with E-state index in [0.717, 1.165) is 32.5 Å². The Morgan fingerprint density at radius 3 is 3.04 bits per heavy atom. The first-order valence-electron chi connectivity index (χ1n) is 8.17. The number of furan rings is 1. The van der Waals surface area contributed by atoms with Crippen LogP contribution in [-0.2, 0) is 13.6 Å². The molecule has 0 aromatic carbocycles. The number of amides is 1. The molecule has 2 aromatic heterocycles. The molecule has 1 N–H and O–H groups in total. The van der Waals surface area contributed by atoms with E-state index in [2.05, 4.69) is 21.4 Å². The fourth-order valence-electron chi connectivity index (χ4n) is 4.03. The van der Waals surface area contributed by atoms with Crippen LogP contribution in [-0.4, -0.2) is 39.7 Å². The molecule has 2 fully saturated rings. The summed E-state index contributed by atoms with van der Waals surface area (Å²) in [5.41, 5.74) is 1.64. The highest BCUT2D eigenvalue weighted by Crippen LogP contribution is 2.48. The average Bonchev–Trinajstić information content (AvgIpc) is 3.21. The summed E-state index contributed by atoms with van der Waals surface area (Å²) in [7, 11) is 1.99. The molecule has 1 aliphatic heterocycles. The molecule has 3 heterocycles. The Hall–Kier alpha value is -2.08. The second-order valence-corrected chi connectivity index (χ2v) is 6.96. The molecule has 2 aliphatic rings. The predicted molar refractivity (Wildman–Crippen MR) is 84.7 cm³/mol. The van der Waals surface area contributed by atoms with Gasteiger partial charge in [0.15, 0.2) is 5.76 Å². The highest BCUT2D eigenvalue weighted by molar-refractivity contribution is 5.91. The molecule has 1 spiro atoms. The number of hydrogen-bond acceptors (Lipinski definition) is 4. The van der Waals surface area contributed by atoms with E-state index in [9.17, 15) is 4.79 Å². The Morgan fingerprint density at radius 2 is 2.35 bits per heavy atom. The van der Waals surface area contributed by atoms with Crippen LogP contribution < -0.4 is 5.32 Å². The summed E-state index contributed by atoms with van der Waals surface area (Å²) in [5, 5.41) is 7.31. The molecular formula is C17H22N4O2. The van der Waals surface area contributed by atoms with Gasteiger partial charge in [-0.3, -0.25) is 14.4 Å². The van der Waals surface area contributed by atoms with Crippen LogP contribution in [0, 0.1) is 5.41 Å². The standard InChI is InChI=1S/C17H22N4O2/c1-20-14(4-6-18-20)11-21-7-5-17(12-21)9-13(10-17)19-16(22)15-3-2-8-23-15/h2-4,6,8,13H,5,7,9-12H2,1H3,(H,19,22). The molecule has 0 bridgehead atoms. The van der Waals surface area contributed by atoms with Gasteiger partial charge in [0.2, 0.25) is 0 Å². The normalized spacial score (nSPS) is 27.3. The highest BCUT2D eigenvalue weighted by atomic mass is 16.3. The van der Waals surface area contributed by atoms with Gasteiger partial charge in [0.05, 0.1) is 12.0 Å². The molecule has 2 aromatic rings. The second-order valence-electron chi connectivity index (χ2n) is 6.96. The van der Waals surface area contributed by atoms with E-state index in [1.54, 1.807) is 12.1 Å². The van der Waals surface area contributed by atoms with Gasteiger partial charge in [-0.15, -0.1) is 0 Å². The summed E-state index contributed by atoms with van der Waals surface area (Å²) in [6.45, 7) is 3.21. The van der Waals surface area contributed by atoms with Crippen LogP contribution >= 0.6 is 0 Å². The molecule has 4 rings (SSSR count). The number of nitrogens with zero attached hydrogens (tertiary/aromatic N) is 3. The summed E-state index contributed by atoms with van der Waals surface area (Å²) in [5.74, 6) is 0.301. The van der Waals surface area contributed by atoms with Crippen molar-refractivity contribution < 1.29 is 9.21 Å². The maximum atomic E-state index is 12.0. The number of aromatic nitrogens is 2. The molecule has 1 aliphatic carbocycles. The van der Waals surface area contributed by atoms with Gasteiger partial charge in [-0.25, -0.2) is 0 Å². The van der Waals surface area contributed by atoms with Crippen molar-refractivity contribution in [3.8, 4) is 0 Å². The maximum Gasteiger partial charge on any atom is 0.287 e. The third kappa shape index (κ3) is 2.79. The lowest BCUT2D eigenvalue weighted by Gasteiger charge is -2.45. The van der Waals surface area contributed by atoms with Crippen LogP contribution in [0.3, 0.4) is 0 Å². The lowest BCUT2D eigenvalue weighted by Crippen LogP contribution is -2.51. The molecule has 23 heavy (non-hydrogen) atoms. The van der Waals surface area contributed by atoms with E-state index in [4.69, 9.17) is 4.42 Å². The van der Waals surface area contributed by atoms with E-state index in [-0.39, 0.29) is 11.9 Å². The van der Waals surface area contributed by atoms with Crippen molar-refractivity contribution in [2.75, 3.05) is 13.1 Å². The van der Waals surface area contributed by atoms with Crippen LogP contribution in [0.15, 0.2) is 35.1 Å². The fourth-order valence-corrected chi connectivity index (χ4v) is 4.03. The Kier molecular flexibility index (Phi) is 3.49. The summed E-state index contributed by atoms with van der Waals surface area (Å²) in [4.78, 5) is 14.5. The average molecular weight is 314 g/mol. The molecular weight excluding hydrogens is 292 g/mol. The van der Waals surface area contributed by atoms with Gasteiger partial charge in [0, 0.05) is 32.4 Å². The second kappa shape index (κ2) is 5.53. The molecule has 0 atom stereocenters. The molecule has 1 saturated heterocycles. The van der Waals surface area contributed by atoms with Crippen LogP contribution in [0.25, 0.3) is 0 Å². The third-order valence-electron chi connectivity index (χ3n) is 5.26. The van der Waals surface area contributed by atoms with Gasteiger partial charge in [-0.2, -0.15) is 5.10 Å². The van der Waals surface area contributed by atoms with Crippen molar-refractivity contribution in [3.63, 3.8) is 0 Å². The van der Waals surface area contributed by atoms with Crippen LogP contribution in [0.4, 0.5) is 0 Å². The van der Waals surface area contributed by atoms with Crippen molar-refractivity contribution in [2.45, 2.75) is 31.8 Å². The number of rotatable bonds is 4. The smallest absolute Gasteiger partial charge is 0.287 e. The van der Waals surface area contributed by atoms with Crippen LogP contribution in [0.1, 0.15) is 35.5 Å². The van der Waals surface area contributed by atoms with Crippen molar-refractivity contribution in [1.82, 2.24) is 20.0 Å². The number of carbonyl (C=O) groups is 1. The monoisotopic (exact) mass is 314 g/mol. The molecule has 6 heteroatoms. The topological polar surface area (TPSA) is 63.3 Å². The Morgan fingerprint density at radius 1 is 1.48 bits per heavy atom. The minimum absolute atomic E-state index is 0.0976. The van der Waals surface area contributed by atoms with E-state index in [1.807, 2.05) is 17.9 Å². The zero-order valence-electron chi connectivity index (χ0n) is 13.4. The molecule has 122 valence electrons. The summed E-state index contributed by atoms with van der Waals surface area (Å²) in [6, 6.07) is 5.81. The quantitative estimate of drug-likeness (QED) is 0.934. The number of hydrogen-bond donors (Lipinski definition) is 1. The molecule has 1 amide bonds. The Balaban J connectivity index is 1.28. The zero-order valence-corrected chi connectivity index (χ0v) is 13.4. The summed E-state index contributed by atoms with van der Waals surface area (Å²) in [6.07, 6.45) is 6.75. The Bertz CT molecular complexity index is 685. The maximum absolute atomic E-state index is 12.0. The fraction of sp³-hybridized carbons (Fsp3) is 0.529. The van der Waals surface area contributed by atoms with Crippen molar-refractivity contribution >= 4 is 5.91 Å². The summed E-state index contributed by atoms with van der Waals surface area (Å²) >= 11 is 0. The van der Waals surface area contributed by atoms with Gasteiger partial charge in [0.25, 0.3) is 5.91 Å². The molecule has 0 radical (unpaired) electrons. The first-order valence-corrected chi connectivity index (χ1v) is 8.17. The van der Waals surface area contributed by atoms with Crippen LogP contribution in [0.2, 0.25) is 0 Å². The lowest BCUT2D eigenvalue weighted by atomic mass is 9.65. The van der Waals surface area contributed by atoms with Crippen molar-refractivity contribution in [3.05, 3.63) is 42.1 Å². The highest BCUT2D eigenvalue weighted by Gasteiger charge is 2.48. The largest absolute Gasteiger partial charge is 0.459 e.